The summed E-state index contributed by atoms with van der Waals surface area (Å²) in [5.74, 6) is 0.133. The zero-order valence-corrected chi connectivity index (χ0v) is 6.13. The van der Waals surface area contributed by atoms with E-state index in [2.05, 4.69) is 6.92 Å². The van der Waals surface area contributed by atoms with Gasteiger partial charge in [-0.1, -0.05) is 6.92 Å². The van der Waals surface area contributed by atoms with Gasteiger partial charge in [-0.15, -0.1) is 0 Å². The number of aliphatic carboxylic acids is 1. The Morgan fingerprint density at radius 1 is 1.60 bits per heavy atom. The SMILES string of the molecule is CC12CC1CCC2C(=O)O. The van der Waals surface area contributed by atoms with Crippen LogP contribution in [0.15, 0.2) is 0 Å². The number of fused-ring (bicyclic) bond motifs is 1. The summed E-state index contributed by atoms with van der Waals surface area (Å²) in [5, 5.41) is 8.78. The summed E-state index contributed by atoms with van der Waals surface area (Å²) in [5.41, 5.74) is 0.200. The minimum Gasteiger partial charge on any atom is -0.481 e. The molecule has 0 aromatic carbocycles. The topological polar surface area (TPSA) is 37.3 Å². The lowest BCUT2D eigenvalue weighted by molar-refractivity contribution is -0.143. The van der Waals surface area contributed by atoms with Gasteiger partial charge in [-0.3, -0.25) is 4.79 Å². The Kier molecular flexibility index (Phi) is 0.960. The van der Waals surface area contributed by atoms with Crippen molar-refractivity contribution in [1.82, 2.24) is 0 Å². The maximum absolute atomic E-state index is 10.6. The van der Waals surface area contributed by atoms with Crippen LogP contribution in [-0.4, -0.2) is 11.1 Å². The van der Waals surface area contributed by atoms with Gasteiger partial charge in [0.15, 0.2) is 0 Å². The number of rotatable bonds is 1. The molecular formula is C8H12O2. The van der Waals surface area contributed by atoms with Crippen molar-refractivity contribution in [2.45, 2.75) is 26.2 Å². The van der Waals surface area contributed by atoms with Crippen LogP contribution >= 0.6 is 0 Å². The summed E-state index contributed by atoms with van der Waals surface area (Å²) in [4.78, 5) is 10.6. The quantitative estimate of drug-likeness (QED) is 0.599. The first kappa shape index (κ1) is 6.20. The van der Waals surface area contributed by atoms with E-state index in [0.717, 1.165) is 25.2 Å². The molecule has 3 unspecified atom stereocenters. The van der Waals surface area contributed by atoms with Crippen LogP contribution in [-0.2, 0) is 4.79 Å². The predicted molar refractivity (Wildman–Crippen MR) is 36.6 cm³/mol. The van der Waals surface area contributed by atoms with E-state index in [0.29, 0.717) is 0 Å². The molecule has 0 aliphatic heterocycles. The molecular weight excluding hydrogens is 128 g/mol. The van der Waals surface area contributed by atoms with Gasteiger partial charge >= 0.3 is 5.97 Å². The third-order valence-corrected chi connectivity index (χ3v) is 3.36. The van der Waals surface area contributed by atoms with Gasteiger partial charge in [0, 0.05) is 0 Å². The summed E-state index contributed by atoms with van der Waals surface area (Å²) in [6.07, 6.45) is 3.22. The van der Waals surface area contributed by atoms with E-state index in [1.807, 2.05) is 0 Å². The zero-order chi connectivity index (χ0) is 7.35. The molecule has 0 amide bonds. The van der Waals surface area contributed by atoms with Crippen LogP contribution in [0.5, 0.6) is 0 Å². The third kappa shape index (κ3) is 0.568. The summed E-state index contributed by atoms with van der Waals surface area (Å²) in [6.45, 7) is 2.11. The van der Waals surface area contributed by atoms with Crippen molar-refractivity contribution in [2.24, 2.45) is 17.3 Å². The summed E-state index contributed by atoms with van der Waals surface area (Å²) in [7, 11) is 0. The molecule has 10 heavy (non-hydrogen) atoms. The summed E-state index contributed by atoms with van der Waals surface area (Å²) in [6, 6.07) is 0. The Balaban J connectivity index is 2.17. The van der Waals surface area contributed by atoms with Gasteiger partial charge in [0.25, 0.3) is 0 Å². The van der Waals surface area contributed by atoms with Crippen molar-refractivity contribution in [3.8, 4) is 0 Å². The smallest absolute Gasteiger partial charge is 0.307 e. The van der Waals surface area contributed by atoms with Crippen LogP contribution in [0.3, 0.4) is 0 Å². The maximum atomic E-state index is 10.6. The lowest BCUT2D eigenvalue weighted by atomic mass is 9.93. The first-order valence-corrected chi connectivity index (χ1v) is 3.87. The van der Waals surface area contributed by atoms with Crippen LogP contribution in [0.25, 0.3) is 0 Å². The Labute approximate surface area is 60.2 Å². The highest BCUT2D eigenvalue weighted by Crippen LogP contribution is 2.66. The maximum Gasteiger partial charge on any atom is 0.307 e. The second-order valence-electron chi connectivity index (χ2n) is 3.88. The summed E-state index contributed by atoms with van der Waals surface area (Å²) < 4.78 is 0. The molecule has 56 valence electrons. The third-order valence-electron chi connectivity index (χ3n) is 3.36. The monoisotopic (exact) mass is 140 g/mol. The Bertz CT molecular complexity index is 186. The van der Waals surface area contributed by atoms with Crippen molar-refractivity contribution in [1.29, 1.82) is 0 Å². The molecule has 2 aliphatic rings. The standard InChI is InChI=1S/C8H12O2/c1-8-4-5(8)2-3-6(8)7(9)10/h5-6H,2-4H2,1H3,(H,9,10). The Morgan fingerprint density at radius 2 is 2.30 bits per heavy atom. The van der Waals surface area contributed by atoms with E-state index >= 15 is 0 Å². The van der Waals surface area contributed by atoms with E-state index < -0.39 is 5.97 Å². The van der Waals surface area contributed by atoms with Crippen LogP contribution in [0, 0.1) is 17.3 Å². The van der Waals surface area contributed by atoms with E-state index in [-0.39, 0.29) is 11.3 Å². The molecule has 2 rings (SSSR count). The molecule has 0 bridgehead atoms. The van der Waals surface area contributed by atoms with Crippen molar-refractivity contribution >= 4 is 5.97 Å². The predicted octanol–water partition coefficient (Wildman–Crippen LogP) is 1.51. The highest BCUT2D eigenvalue weighted by molar-refractivity contribution is 5.72. The molecule has 1 N–H and O–H groups in total. The molecule has 2 aliphatic carbocycles. The molecule has 0 heterocycles. The average molecular weight is 140 g/mol. The number of carboxylic acids is 1. The fourth-order valence-corrected chi connectivity index (χ4v) is 2.43. The Hall–Kier alpha value is -0.530. The molecule has 0 aromatic rings. The molecule has 2 saturated carbocycles. The molecule has 3 atom stereocenters. The van der Waals surface area contributed by atoms with Gasteiger partial charge in [-0.25, -0.2) is 0 Å². The molecule has 0 radical (unpaired) electrons. The second kappa shape index (κ2) is 1.55. The molecule has 0 spiro atoms. The van der Waals surface area contributed by atoms with Gasteiger partial charge in [0.2, 0.25) is 0 Å². The van der Waals surface area contributed by atoms with E-state index in [1.165, 1.54) is 0 Å². The fraction of sp³-hybridized carbons (Fsp3) is 0.875. The van der Waals surface area contributed by atoms with Crippen molar-refractivity contribution in [3.05, 3.63) is 0 Å². The first-order valence-electron chi connectivity index (χ1n) is 3.87. The zero-order valence-electron chi connectivity index (χ0n) is 6.13. The molecule has 0 saturated heterocycles. The number of carbonyl (C=O) groups is 1. The molecule has 2 nitrogen and oxygen atoms in total. The lowest BCUT2D eigenvalue weighted by Gasteiger charge is -2.12. The number of carboxylic acid groups (broad SMARTS) is 1. The largest absolute Gasteiger partial charge is 0.481 e. The highest BCUT2D eigenvalue weighted by atomic mass is 16.4. The van der Waals surface area contributed by atoms with E-state index in [1.54, 1.807) is 0 Å². The lowest BCUT2D eigenvalue weighted by Crippen LogP contribution is -2.19. The van der Waals surface area contributed by atoms with Crippen LogP contribution in [0.2, 0.25) is 0 Å². The molecule has 2 heteroatoms. The van der Waals surface area contributed by atoms with Gasteiger partial charge < -0.3 is 5.11 Å². The fourth-order valence-electron chi connectivity index (χ4n) is 2.43. The van der Waals surface area contributed by atoms with E-state index in [4.69, 9.17) is 5.11 Å². The normalized spacial score (nSPS) is 50.5. The van der Waals surface area contributed by atoms with Gasteiger partial charge in [0.1, 0.15) is 0 Å². The van der Waals surface area contributed by atoms with Crippen molar-refractivity contribution in [3.63, 3.8) is 0 Å². The minimum absolute atomic E-state index is 0.0301. The second-order valence-corrected chi connectivity index (χ2v) is 3.88. The van der Waals surface area contributed by atoms with Crippen LogP contribution in [0.1, 0.15) is 26.2 Å². The van der Waals surface area contributed by atoms with Gasteiger partial charge in [-0.2, -0.15) is 0 Å². The molecule has 0 aromatic heterocycles. The average Bonchev–Trinajstić information content (AvgIpc) is 2.35. The Morgan fingerprint density at radius 3 is 2.50 bits per heavy atom. The van der Waals surface area contributed by atoms with Crippen molar-refractivity contribution < 1.29 is 9.90 Å². The molecule has 2 fully saturated rings. The summed E-state index contributed by atoms with van der Waals surface area (Å²) >= 11 is 0. The number of hydrogen-bond acceptors (Lipinski definition) is 1. The first-order chi connectivity index (χ1) is 4.64. The highest BCUT2D eigenvalue weighted by Gasteiger charge is 2.61. The van der Waals surface area contributed by atoms with Crippen LogP contribution < -0.4 is 0 Å². The van der Waals surface area contributed by atoms with E-state index in [9.17, 15) is 4.79 Å². The van der Waals surface area contributed by atoms with Crippen LogP contribution in [0.4, 0.5) is 0 Å². The number of hydrogen-bond donors (Lipinski definition) is 1. The minimum atomic E-state index is -0.581. The van der Waals surface area contributed by atoms with Gasteiger partial charge in [-0.05, 0) is 30.6 Å². The van der Waals surface area contributed by atoms with Crippen molar-refractivity contribution in [2.75, 3.05) is 0 Å². The van der Waals surface area contributed by atoms with Gasteiger partial charge in [0.05, 0.1) is 5.92 Å².